The highest BCUT2D eigenvalue weighted by Crippen LogP contribution is 2.30. The van der Waals surface area contributed by atoms with Crippen LogP contribution in [-0.4, -0.2) is 64.3 Å². The molecule has 2 N–H and O–H groups in total. The van der Waals surface area contributed by atoms with E-state index < -0.39 is 22.0 Å². The summed E-state index contributed by atoms with van der Waals surface area (Å²) < 4.78 is 33.0. The number of aromatic nitrogens is 5. The van der Waals surface area contributed by atoms with E-state index in [9.17, 15) is 18.0 Å². The van der Waals surface area contributed by atoms with Crippen molar-refractivity contribution in [1.82, 2.24) is 29.2 Å². The van der Waals surface area contributed by atoms with Crippen LogP contribution in [0.25, 0.3) is 10.9 Å². The predicted molar refractivity (Wildman–Crippen MR) is 163 cm³/mol. The number of carbonyl (C=O) groups is 1. The quantitative estimate of drug-likeness (QED) is 0.277. The van der Waals surface area contributed by atoms with Crippen molar-refractivity contribution >= 4 is 50.1 Å². The molecule has 5 rings (SSSR count). The summed E-state index contributed by atoms with van der Waals surface area (Å²) in [7, 11) is -2.14. The summed E-state index contributed by atoms with van der Waals surface area (Å²) in [4.78, 5) is 45.5. The van der Waals surface area contributed by atoms with Crippen molar-refractivity contribution in [2.45, 2.75) is 38.8 Å². The number of sulfonamides is 1. The summed E-state index contributed by atoms with van der Waals surface area (Å²) >= 11 is 6.03. The molecule has 3 aromatic heterocycles. The summed E-state index contributed by atoms with van der Waals surface area (Å²) in [6, 6.07) is 6.29. The molecule has 43 heavy (non-hydrogen) atoms. The Balaban J connectivity index is 1.50. The van der Waals surface area contributed by atoms with Gasteiger partial charge in [0.05, 0.1) is 47.8 Å². The molecule has 1 aliphatic heterocycles. The van der Waals surface area contributed by atoms with Gasteiger partial charge in [0.1, 0.15) is 17.6 Å². The number of carbonyl (C=O) groups excluding carboxylic acids is 1. The van der Waals surface area contributed by atoms with Gasteiger partial charge in [0.2, 0.25) is 16.0 Å². The third-order valence-corrected chi connectivity index (χ3v) is 7.79. The van der Waals surface area contributed by atoms with Gasteiger partial charge in [0, 0.05) is 19.2 Å². The standard InChI is InChI=1S/C28H31ClN8O5S/c1-16-10-20(17(2)32-22-7-8-23(29)33-25(22)26(38)35-43(4,40)41)24-21(11-16)27(39)36(3)28(34-24)37-9-5-6-18(14-37)42-19-12-30-15-31-13-19/h7-8,10-13,15,17-18,32H,5-6,9,14H2,1-4H3,(H,35,38)/t17-,18-/m1/s1. The lowest BCUT2D eigenvalue weighted by Crippen LogP contribution is -2.44. The molecule has 15 heteroatoms. The van der Waals surface area contributed by atoms with Gasteiger partial charge in [-0.1, -0.05) is 17.7 Å². The molecule has 1 aliphatic rings. The molecular formula is C28H31ClN8O5S. The largest absolute Gasteiger partial charge is 0.485 e. The topological polar surface area (TPSA) is 161 Å². The maximum Gasteiger partial charge on any atom is 0.285 e. The van der Waals surface area contributed by atoms with Crippen molar-refractivity contribution in [1.29, 1.82) is 0 Å². The van der Waals surface area contributed by atoms with Crippen LogP contribution in [0.4, 0.5) is 11.6 Å². The normalized spacial score (nSPS) is 16.1. The Bertz CT molecular complexity index is 1850. The number of nitrogens with one attached hydrogen (secondary N) is 2. The van der Waals surface area contributed by atoms with Crippen LogP contribution in [0, 0.1) is 6.92 Å². The third-order valence-electron chi connectivity index (χ3n) is 7.02. The number of anilines is 2. The number of amides is 1. The Morgan fingerprint density at radius 3 is 2.65 bits per heavy atom. The zero-order valence-corrected chi connectivity index (χ0v) is 25.6. The van der Waals surface area contributed by atoms with Crippen LogP contribution in [0.15, 0.2) is 47.8 Å². The first kappa shape index (κ1) is 30.2. The average molecular weight is 627 g/mol. The molecule has 0 unspecified atom stereocenters. The van der Waals surface area contributed by atoms with Crippen molar-refractivity contribution in [3.05, 3.63) is 75.3 Å². The van der Waals surface area contributed by atoms with E-state index in [0.717, 1.165) is 24.7 Å². The predicted octanol–water partition coefficient (Wildman–Crippen LogP) is 2.99. The fourth-order valence-corrected chi connectivity index (χ4v) is 5.74. The van der Waals surface area contributed by atoms with E-state index in [4.69, 9.17) is 21.3 Å². The lowest BCUT2D eigenvalue weighted by molar-refractivity contribution is 0.0977. The number of ether oxygens (including phenoxy) is 1. The highest BCUT2D eigenvalue weighted by molar-refractivity contribution is 7.89. The Labute approximate surface area is 253 Å². The van der Waals surface area contributed by atoms with Crippen LogP contribution in [0.3, 0.4) is 0 Å². The molecule has 1 saturated heterocycles. The smallest absolute Gasteiger partial charge is 0.285 e. The molecule has 4 heterocycles. The van der Waals surface area contributed by atoms with Gasteiger partial charge in [-0.3, -0.25) is 14.2 Å². The highest BCUT2D eigenvalue weighted by Gasteiger charge is 2.27. The zero-order valence-electron chi connectivity index (χ0n) is 24.0. The lowest BCUT2D eigenvalue weighted by atomic mass is 10.0. The summed E-state index contributed by atoms with van der Waals surface area (Å²) in [5, 5.41) is 3.71. The number of halogens is 1. The van der Waals surface area contributed by atoms with E-state index in [-0.39, 0.29) is 28.2 Å². The second kappa shape index (κ2) is 12.1. The molecule has 1 aromatic carbocycles. The molecule has 4 aromatic rings. The number of hydrogen-bond donors (Lipinski definition) is 2. The van der Waals surface area contributed by atoms with Crippen LogP contribution >= 0.6 is 11.6 Å². The first-order chi connectivity index (χ1) is 20.4. The first-order valence-electron chi connectivity index (χ1n) is 13.5. The Morgan fingerprint density at radius 1 is 1.19 bits per heavy atom. The maximum absolute atomic E-state index is 13.7. The molecule has 0 aliphatic carbocycles. The van der Waals surface area contributed by atoms with Crippen LogP contribution in [-0.2, 0) is 17.1 Å². The summed E-state index contributed by atoms with van der Waals surface area (Å²) in [6.45, 7) is 4.95. The Morgan fingerprint density at radius 2 is 1.93 bits per heavy atom. The second-order valence-corrected chi connectivity index (χ2v) is 12.7. The minimum atomic E-state index is -3.84. The van der Waals surface area contributed by atoms with E-state index >= 15 is 0 Å². The summed E-state index contributed by atoms with van der Waals surface area (Å²) in [5.74, 6) is 0.162. The third kappa shape index (κ3) is 6.86. The minimum Gasteiger partial charge on any atom is -0.485 e. The highest BCUT2D eigenvalue weighted by atomic mass is 35.5. The van der Waals surface area contributed by atoms with Crippen molar-refractivity contribution in [3.8, 4) is 5.75 Å². The number of aryl methyl sites for hydroxylation is 1. The van der Waals surface area contributed by atoms with Gasteiger partial charge in [-0.05, 0) is 50.5 Å². The zero-order chi connectivity index (χ0) is 30.9. The summed E-state index contributed by atoms with van der Waals surface area (Å²) in [5.41, 5.74) is 1.95. The minimum absolute atomic E-state index is 0.0243. The number of fused-ring (bicyclic) bond motifs is 1. The number of piperidine rings is 1. The van der Waals surface area contributed by atoms with Gasteiger partial charge >= 0.3 is 0 Å². The van der Waals surface area contributed by atoms with Crippen molar-refractivity contribution < 1.29 is 17.9 Å². The summed E-state index contributed by atoms with van der Waals surface area (Å²) in [6.07, 6.45) is 7.09. The first-order valence-corrected chi connectivity index (χ1v) is 15.8. The van der Waals surface area contributed by atoms with Crippen LogP contribution in [0.5, 0.6) is 5.75 Å². The molecule has 0 saturated carbocycles. The Kier molecular flexibility index (Phi) is 8.51. The van der Waals surface area contributed by atoms with E-state index in [2.05, 4.69) is 20.3 Å². The van der Waals surface area contributed by atoms with Crippen molar-refractivity contribution in [3.63, 3.8) is 0 Å². The van der Waals surface area contributed by atoms with E-state index in [0.29, 0.717) is 41.3 Å². The molecule has 1 amide bonds. The maximum atomic E-state index is 13.7. The van der Waals surface area contributed by atoms with Gasteiger partial charge in [-0.2, -0.15) is 0 Å². The van der Waals surface area contributed by atoms with Gasteiger partial charge in [0.15, 0.2) is 11.4 Å². The number of hydrogen-bond acceptors (Lipinski definition) is 11. The molecule has 1 fully saturated rings. The van der Waals surface area contributed by atoms with E-state index in [1.807, 2.05) is 29.5 Å². The number of nitrogens with zero attached hydrogens (tertiary/aromatic N) is 6. The van der Waals surface area contributed by atoms with Gasteiger partial charge in [-0.25, -0.2) is 33.1 Å². The fraction of sp³-hybridized carbons (Fsp3) is 0.357. The van der Waals surface area contributed by atoms with E-state index in [1.165, 1.54) is 12.4 Å². The van der Waals surface area contributed by atoms with Crippen LogP contribution < -0.4 is 25.2 Å². The molecule has 0 bridgehead atoms. The number of pyridine rings is 1. The SMILES string of the molecule is Cc1cc([C@@H](C)Nc2ccc(Cl)nc2C(=O)NS(C)(=O)=O)c2nc(N3CCC[C@@H](Oc4cncnc4)C3)n(C)c(=O)c2c1. The van der Waals surface area contributed by atoms with Crippen LogP contribution in [0.2, 0.25) is 5.15 Å². The van der Waals surface area contributed by atoms with Crippen LogP contribution in [0.1, 0.15) is 47.4 Å². The molecule has 13 nitrogen and oxygen atoms in total. The molecule has 0 spiro atoms. The lowest BCUT2D eigenvalue weighted by Gasteiger charge is -2.34. The molecule has 226 valence electrons. The van der Waals surface area contributed by atoms with Gasteiger partial charge < -0.3 is 15.0 Å². The van der Waals surface area contributed by atoms with Gasteiger partial charge in [0.25, 0.3) is 11.5 Å². The number of rotatable bonds is 8. The van der Waals surface area contributed by atoms with Gasteiger partial charge in [-0.15, -0.1) is 0 Å². The number of benzene rings is 1. The van der Waals surface area contributed by atoms with Crippen molar-refractivity contribution in [2.75, 3.05) is 29.6 Å². The second-order valence-electron chi connectivity index (χ2n) is 10.5. The fourth-order valence-electron chi connectivity index (χ4n) is 5.16. The molecule has 0 radical (unpaired) electrons. The monoisotopic (exact) mass is 626 g/mol. The molecular weight excluding hydrogens is 596 g/mol. The Hall–Kier alpha value is -4.30. The molecule has 2 atom stereocenters. The average Bonchev–Trinajstić information content (AvgIpc) is 2.95. The van der Waals surface area contributed by atoms with Crippen molar-refractivity contribution in [2.24, 2.45) is 7.05 Å². The van der Waals surface area contributed by atoms with E-state index in [1.54, 1.807) is 36.1 Å².